The monoisotopic (exact) mass is 372 g/mol. The maximum atomic E-state index is 13.5. The van der Waals surface area contributed by atoms with Crippen molar-refractivity contribution in [1.82, 2.24) is 9.88 Å². The van der Waals surface area contributed by atoms with Crippen LogP contribution in [0, 0.1) is 24.6 Å². The Hall–Kier alpha value is -2.18. The number of halogens is 1. The van der Waals surface area contributed by atoms with Gasteiger partial charge in [-0.25, -0.2) is 4.39 Å². The number of hydrogen-bond donors (Lipinski definition) is 2. The van der Waals surface area contributed by atoms with Gasteiger partial charge < -0.3 is 14.9 Å². The standard InChI is InChI=1S/C21H25FN2O3/c1-13-4-16(22)8-18(5-13)27-19-6-14-10-24(11-15(14)7-19)12-21(26)20-3-2-17(25)9-23-20/h2-5,8-9,14-15,19,21,25-26H,6-7,10-12H2,1H3/t14-,15+,19?,21?. The predicted molar refractivity (Wildman–Crippen MR) is 99.1 cm³/mol. The molecule has 2 heterocycles. The van der Waals surface area contributed by atoms with Gasteiger partial charge in [-0.15, -0.1) is 0 Å². The van der Waals surface area contributed by atoms with Gasteiger partial charge in [0.05, 0.1) is 18.0 Å². The molecule has 1 aliphatic carbocycles. The van der Waals surface area contributed by atoms with Gasteiger partial charge in [-0.1, -0.05) is 0 Å². The third-order valence-electron chi connectivity index (χ3n) is 5.65. The molecule has 1 saturated carbocycles. The minimum Gasteiger partial charge on any atom is -0.506 e. The molecule has 1 aromatic heterocycles. The third-order valence-corrected chi connectivity index (χ3v) is 5.65. The second-order valence-corrected chi connectivity index (χ2v) is 7.87. The number of nitrogens with zero attached hydrogens (tertiary/aromatic N) is 2. The molecule has 2 aliphatic rings. The molecule has 2 N–H and O–H groups in total. The van der Waals surface area contributed by atoms with Crippen LogP contribution in [0.4, 0.5) is 4.39 Å². The Bertz CT molecular complexity index is 764. The lowest BCUT2D eigenvalue weighted by atomic mass is 10.0. The fraction of sp³-hybridized carbons (Fsp3) is 0.476. The number of pyridine rings is 1. The third kappa shape index (κ3) is 4.22. The van der Waals surface area contributed by atoms with E-state index in [0.717, 1.165) is 31.5 Å². The number of fused-ring (bicyclic) bond motifs is 1. The predicted octanol–water partition coefficient (Wildman–Crippen LogP) is 3.06. The summed E-state index contributed by atoms with van der Waals surface area (Å²) in [6.45, 7) is 4.27. The van der Waals surface area contributed by atoms with Crippen molar-refractivity contribution in [2.45, 2.75) is 32.0 Å². The molecule has 0 amide bonds. The summed E-state index contributed by atoms with van der Waals surface area (Å²) in [4.78, 5) is 6.36. The van der Waals surface area contributed by atoms with Crippen molar-refractivity contribution in [2.75, 3.05) is 19.6 Å². The molecule has 0 radical (unpaired) electrons. The lowest BCUT2D eigenvalue weighted by molar-refractivity contribution is 0.113. The minimum atomic E-state index is -0.660. The van der Waals surface area contributed by atoms with Gasteiger partial charge in [0.2, 0.25) is 0 Å². The summed E-state index contributed by atoms with van der Waals surface area (Å²) in [7, 11) is 0. The molecule has 4 rings (SSSR count). The molecule has 27 heavy (non-hydrogen) atoms. The topological polar surface area (TPSA) is 65.8 Å². The molecule has 1 aromatic carbocycles. The molecule has 0 spiro atoms. The Morgan fingerprint density at radius 3 is 2.59 bits per heavy atom. The van der Waals surface area contributed by atoms with Crippen LogP contribution in [-0.2, 0) is 0 Å². The normalized spacial score (nSPS) is 26.1. The first-order chi connectivity index (χ1) is 13.0. The number of likely N-dealkylation sites (tertiary alicyclic amines) is 1. The van der Waals surface area contributed by atoms with E-state index >= 15 is 0 Å². The van der Waals surface area contributed by atoms with Crippen molar-refractivity contribution in [1.29, 1.82) is 0 Å². The van der Waals surface area contributed by atoms with Crippen LogP contribution in [0.5, 0.6) is 11.5 Å². The molecule has 144 valence electrons. The SMILES string of the molecule is Cc1cc(F)cc(OC2C[C@@H]3CN(CC(O)c4ccc(O)cn4)C[C@@H]3C2)c1. The number of aromatic nitrogens is 1. The van der Waals surface area contributed by atoms with Gasteiger partial charge in [-0.3, -0.25) is 9.88 Å². The average Bonchev–Trinajstić information content (AvgIpc) is 3.12. The Morgan fingerprint density at radius 2 is 1.96 bits per heavy atom. The number of benzene rings is 1. The zero-order valence-corrected chi connectivity index (χ0v) is 15.4. The summed E-state index contributed by atoms with van der Waals surface area (Å²) >= 11 is 0. The zero-order valence-electron chi connectivity index (χ0n) is 15.4. The average molecular weight is 372 g/mol. The lowest BCUT2D eigenvalue weighted by Gasteiger charge is -2.22. The highest BCUT2D eigenvalue weighted by Gasteiger charge is 2.42. The highest BCUT2D eigenvalue weighted by Crippen LogP contribution is 2.40. The largest absolute Gasteiger partial charge is 0.506 e. The van der Waals surface area contributed by atoms with Gasteiger partial charge in [0, 0.05) is 25.7 Å². The maximum absolute atomic E-state index is 13.5. The fourth-order valence-corrected chi connectivity index (χ4v) is 4.48. The Morgan fingerprint density at radius 1 is 1.22 bits per heavy atom. The number of hydrogen-bond acceptors (Lipinski definition) is 5. The number of aryl methyl sites for hydroxylation is 1. The van der Waals surface area contributed by atoms with Crippen LogP contribution in [0.15, 0.2) is 36.5 Å². The molecule has 1 aliphatic heterocycles. The van der Waals surface area contributed by atoms with Crippen LogP contribution in [-0.4, -0.2) is 45.8 Å². The molecule has 6 heteroatoms. The Balaban J connectivity index is 1.29. The molecule has 4 atom stereocenters. The molecule has 1 saturated heterocycles. The van der Waals surface area contributed by atoms with Gasteiger partial charge >= 0.3 is 0 Å². The second-order valence-electron chi connectivity index (χ2n) is 7.87. The summed E-state index contributed by atoms with van der Waals surface area (Å²) in [5, 5.41) is 19.7. The van der Waals surface area contributed by atoms with E-state index in [9.17, 15) is 14.6 Å². The number of β-amino-alcohol motifs (C(OH)–C–C–N with tert-alkyl or cyclic N) is 1. The van der Waals surface area contributed by atoms with Crippen molar-refractivity contribution in [2.24, 2.45) is 11.8 Å². The molecule has 2 fully saturated rings. The Labute approximate surface area is 158 Å². The number of aliphatic hydroxyl groups is 1. The fourth-order valence-electron chi connectivity index (χ4n) is 4.48. The second kappa shape index (κ2) is 7.44. The minimum absolute atomic E-state index is 0.0983. The zero-order chi connectivity index (χ0) is 19.0. The summed E-state index contributed by atoms with van der Waals surface area (Å²) in [5.74, 6) is 1.55. The van der Waals surface area contributed by atoms with E-state index in [2.05, 4.69) is 9.88 Å². The van der Waals surface area contributed by atoms with E-state index in [0.29, 0.717) is 29.8 Å². The summed E-state index contributed by atoms with van der Waals surface area (Å²) in [6, 6.07) is 8.03. The van der Waals surface area contributed by atoms with E-state index in [1.165, 1.54) is 18.3 Å². The first-order valence-corrected chi connectivity index (χ1v) is 9.45. The van der Waals surface area contributed by atoms with E-state index < -0.39 is 6.10 Å². The van der Waals surface area contributed by atoms with Gasteiger partial charge in [0.25, 0.3) is 0 Å². The maximum Gasteiger partial charge on any atom is 0.133 e. The van der Waals surface area contributed by atoms with Gasteiger partial charge in [0.15, 0.2) is 0 Å². The molecular weight excluding hydrogens is 347 g/mol. The van der Waals surface area contributed by atoms with E-state index in [1.54, 1.807) is 12.1 Å². The van der Waals surface area contributed by atoms with Crippen LogP contribution in [0.25, 0.3) is 0 Å². The van der Waals surface area contributed by atoms with Gasteiger partial charge in [0.1, 0.15) is 23.4 Å². The first kappa shape index (κ1) is 18.2. The van der Waals surface area contributed by atoms with Crippen LogP contribution >= 0.6 is 0 Å². The molecule has 2 unspecified atom stereocenters. The molecule has 2 aromatic rings. The van der Waals surface area contributed by atoms with Crippen molar-refractivity contribution >= 4 is 0 Å². The smallest absolute Gasteiger partial charge is 0.133 e. The van der Waals surface area contributed by atoms with Gasteiger partial charge in [-0.05, 0) is 61.4 Å². The highest BCUT2D eigenvalue weighted by atomic mass is 19.1. The van der Waals surface area contributed by atoms with Crippen molar-refractivity contribution < 1.29 is 19.3 Å². The molecular formula is C21H25FN2O3. The van der Waals surface area contributed by atoms with E-state index in [1.807, 2.05) is 13.0 Å². The lowest BCUT2D eigenvalue weighted by Crippen LogP contribution is -2.29. The Kier molecular flexibility index (Phi) is 5.02. The quantitative estimate of drug-likeness (QED) is 0.845. The van der Waals surface area contributed by atoms with Crippen LogP contribution in [0.2, 0.25) is 0 Å². The number of ether oxygens (including phenoxy) is 1. The van der Waals surface area contributed by atoms with Gasteiger partial charge in [-0.2, -0.15) is 0 Å². The summed E-state index contributed by atoms with van der Waals surface area (Å²) in [5.41, 5.74) is 1.44. The number of aromatic hydroxyl groups is 1. The summed E-state index contributed by atoms with van der Waals surface area (Å²) < 4.78 is 19.6. The van der Waals surface area contributed by atoms with E-state index in [-0.39, 0.29) is 17.7 Å². The molecule has 5 nitrogen and oxygen atoms in total. The number of aliphatic hydroxyl groups excluding tert-OH is 1. The first-order valence-electron chi connectivity index (χ1n) is 9.45. The highest BCUT2D eigenvalue weighted by molar-refractivity contribution is 5.29. The van der Waals surface area contributed by atoms with Crippen molar-refractivity contribution in [3.8, 4) is 11.5 Å². The number of rotatable bonds is 5. The van der Waals surface area contributed by atoms with Crippen LogP contribution in [0.3, 0.4) is 0 Å². The van der Waals surface area contributed by atoms with E-state index in [4.69, 9.17) is 4.74 Å². The molecule has 0 bridgehead atoms. The summed E-state index contributed by atoms with van der Waals surface area (Å²) in [6.07, 6.45) is 2.75. The van der Waals surface area contributed by atoms with Crippen molar-refractivity contribution in [3.63, 3.8) is 0 Å². The van der Waals surface area contributed by atoms with Crippen LogP contribution in [0.1, 0.15) is 30.2 Å². The van der Waals surface area contributed by atoms with Crippen LogP contribution < -0.4 is 4.74 Å². The van der Waals surface area contributed by atoms with Crippen molar-refractivity contribution in [3.05, 3.63) is 53.6 Å².